The smallest absolute Gasteiger partial charge is 0.433 e. The minimum Gasteiger partial charge on any atom is -0.494 e. The minimum absolute atomic E-state index is 0.0771. The molecule has 0 aliphatic carbocycles. The van der Waals surface area contributed by atoms with Gasteiger partial charge in [-0.05, 0) is 36.8 Å². The fraction of sp³-hybridized carbons (Fsp3) is 0.136. The highest BCUT2D eigenvalue weighted by atomic mass is 19.4. The van der Waals surface area contributed by atoms with E-state index in [0.29, 0.717) is 21.4 Å². The molecule has 0 saturated heterocycles. The second-order valence-corrected chi connectivity index (χ2v) is 7.23. The van der Waals surface area contributed by atoms with Crippen molar-refractivity contribution in [2.45, 2.75) is 13.1 Å². The SMILES string of the molecule is COc1cccc2oc(-c3c(C)nc4c(-c5cccc(F)c5)c(C(F)(F)F)[nH]n4c3=O)nc12. The van der Waals surface area contributed by atoms with Crippen LogP contribution in [0.2, 0.25) is 0 Å². The number of alkyl halides is 3. The zero-order chi connectivity index (χ0) is 23.5. The number of aromatic nitrogens is 4. The molecule has 33 heavy (non-hydrogen) atoms. The standard InChI is InChI=1S/C22H14F4N4O3/c1-10-15(20-28-17-13(32-2)7-4-8-14(17)33-20)21(31)30-19(27-10)16(18(29-30)22(24,25)26)11-5-3-6-12(23)9-11/h3-9,29H,1-2H3. The summed E-state index contributed by atoms with van der Waals surface area (Å²) in [5.74, 6) is -0.438. The van der Waals surface area contributed by atoms with E-state index < -0.39 is 28.8 Å². The zero-order valence-corrected chi connectivity index (χ0v) is 17.1. The topological polar surface area (TPSA) is 85.4 Å². The summed E-state index contributed by atoms with van der Waals surface area (Å²) < 4.78 is 66.9. The molecule has 3 aromatic heterocycles. The number of halogens is 4. The number of oxazole rings is 1. The Hall–Kier alpha value is -4.15. The van der Waals surface area contributed by atoms with Crippen molar-refractivity contribution in [2.75, 3.05) is 7.11 Å². The van der Waals surface area contributed by atoms with Gasteiger partial charge in [-0.1, -0.05) is 18.2 Å². The average molecular weight is 458 g/mol. The van der Waals surface area contributed by atoms with E-state index in [4.69, 9.17) is 9.15 Å². The number of aryl methyl sites for hydroxylation is 1. The first-order chi connectivity index (χ1) is 15.7. The summed E-state index contributed by atoms with van der Waals surface area (Å²) in [6, 6.07) is 9.58. The lowest BCUT2D eigenvalue weighted by atomic mass is 10.1. The largest absolute Gasteiger partial charge is 0.494 e. The minimum atomic E-state index is -4.86. The first-order valence-electron chi connectivity index (χ1n) is 9.61. The van der Waals surface area contributed by atoms with Crippen molar-refractivity contribution in [1.82, 2.24) is 19.6 Å². The first kappa shape index (κ1) is 20.7. The second-order valence-electron chi connectivity index (χ2n) is 7.23. The van der Waals surface area contributed by atoms with Crippen molar-refractivity contribution in [3.8, 4) is 28.3 Å². The number of hydrogen-bond donors (Lipinski definition) is 1. The number of methoxy groups -OCH3 is 1. The van der Waals surface area contributed by atoms with Crippen LogP contribution < -0.4 is 10.3 Å². The molecule has 0 atom stereocenters. The number of rotatable bonds is 3. The van der Waals surface area contributed by atoms with Crippen LogP contribution in [0, 0.1) is 12.7 Å². The molecule has 3 heterocycles. The van der Waals surface area contributed by atoms with Crippen LogP contribution in [-0.2, 0) is 6.18 Å². The third-order valence-corrected chi connectivity index (χ3v) is 5.17. The van der Waals surface area contributed by atoms with E-state index in [1.165, 1.54) is 26.2 Å². The number of benzene rings is 2. The van der Waals surface area contributed by atoms with Gasteiger partial charge in [0.25, 0.3) is 5.56 Å². The molecular formula is C22H14F4N4O3. The fourth-order valence-corrected chi connectivity index (χ4v) is 3.74. The maximum absolute atomic E-state index is 13.8. The van der Waals surface area contributed by atoms with Crippen LogP contribution in [0.5, 0.6) is 5.75 Å². The molecule has 5 rings (SSSR count). The zero-order valence-electron chi connectivity index (χ0n) is 17.1. The van der Waals surface area contributed by atoms with Crippen LogP contribution in [-0.4, -0.2) is 26.7 Å². The van der Waals surface area contributed by atoms with E-state index in [-0.39, 0.29) is 28.4 Å². The Morgan fingerprint density at radius 2 is 1.85 bits per heavy atom. The molecule has 0 saturated carbocycles. The van der Waals surface area contributed by atoms with Crippen LogP contribution in [0.25, 0.3) is 39.3 Å². The summed E-state index contributed by atoms with van der Waals surface area (Å²) in [5.41, 5.74) is -2.24. The van der Waals surface area contributed by atoms with Gasteiger partial charge in [-0.25, -0.2) is 14.4 Å². The number of hydrogen-bond acceptors (Lipinski definition) is 5. The Morgan fingerprint density at radius 3 is 2.55 bits per heavy atom. The van der Waals surface area contributed by atoms with Crippen LogP contribution >= 0.6 is 0 Å². The van der Waals surface area contributed by atoms with E-state index >= 15 is 0 Å². The van der Waals surface area contributed by atoms with Gasteiger partial charge >= 0.3 is 6.18 Å². The van der Waals surface area contributed by atoms with E-state index in [0.717, 1.165) is 12.1 Å². The number of nitrogens with one attached hydrogen (secondary N) is 1. The van der Waals surface area contributed by atoms with Crippen LogP contribution in [0.4, 0.5) is 17.6 Å². The Labute approximate surface area is 182 Å². The lowest BCUT2D eigenvalue weighted by Gasteiger charge is -2.07. The lowest BCUT2D eigenvalue weighted by molar-refractivity contribution is -0.140. The number of para-hydroxylation sites is 1. The van der Waals surface area contributed by atoms with Crippen molar-refractivity contribution in [2.24, 2.45) is 0 Å². The third kappa shape index (κ3) is 3.23. The number of nitrogens with zero attached hydrogens (tertiary/aromatic N) is 3. The van der Waals surface area contributed by atoms with Gasteiger partial charge in [-0.15, -0.1) is 0 Å². The van der Waals surface area contributed by atoms with Gasteiger partial charge in [-0.2, -0.15) is 17.7 Å². The highest BCUT2D eigenvalue weighted by Gasteiger charge is 2.38. The average Bonchev–Trinajstić information content (AvgIpc) is 3.35. The number of ether oxygens (including phenoxy) is 1. The summed E-state index contributed by atoms with van der Waals surface area (Å²) in [4.78, 5) is 21.8. The van der Waals surface area contributed by atoms with Gasteiger partial charge < -0.3 is 9.15 Å². The van der Waals surface area contributed by atoms with Crippen molar-refractivity contribution < 1.29 is 26.7 Å². The monoisotopic (exact) mass is 458 g/mol. The molecule has 11 heteroatoms. The maximum Gasteiger partial charge on any atom is 0.433 e. The molecular weight excluding hydrogens is 444 g/mol. The first-order valence-corrected chi connectivity index (χ1v) is 9.61. The van der Waals surface area contributed by atoms with Gasteiger partial charge in [0.15, 0.2) is 16.7 Å². The van der Waals surface area contributed by atoms with Crippen LogP contribution in [0.1, 0.15) is 11.4 Å². The van der Waals surface area contributed by atoms with Gasteiger partial charge in [-0.3, -0.25) is 9.89 Å². The third-order valence-electron chi connectivity index (χ3n) is 5.17. The molecule has 0 unspecified atom stereocenters. The summed E-state index contributed by atoms with van der Waals surface area (Å²) in [6.45, 7) is 1.46. The molecule has 0 fully saturated rings. The van der Waals surface area contributed by atoms with Crippen molar-refractivity contribution in [1.29, 1.82) is 0 Å². The fourth-order valence-electron chi connectivity index (χ4n) is 3.74. The Bertz CT molecular complexity index is 1600. The molecule has 0 aliphatic heterocycles. The number of aromatic amines is 1. The van der Waals surface area contributed by atoms with E-state index in [1.54, 1.807) is 18.2 Å². The number of fused-ring (bicyclic) bond motifs is 2. The molecule has 0 aliphatic rings. The summed E-state index contributed by atoms with van der Waals surface area (Å²) in [7, 11) is 1.45. The van der Waals surface area contributed by atoms with Gasteiger partial charge in [0, 0.05) is 0 Å². The van der Waals surface area contributed by atoms with Crippen molar-refractivity contribution >= 4 is 16.7 Å². The van der Waals surface area contributed by atoms with E-state index in [2.05, 4.69) is 15.1 Å². The van der Waals surface area contributed by atoms with Gasteiger partial charge in [0.2, 0.25) is 5.89 Å². The molecule has 5 aromatic rings. The van der Waals surface area contributed by atoms with E-state index in [9.17, 15) is 22.4 Å². The molecule has 7 nitrogen and oxygen atoms in total. The molecule has 168 valence electrons. The lowest BCUT2D eigenvalue weighted by Crippen LogP contribution is -2.20. The summed E-state index contributed by atoms with van der Waals surface area (Å²) in [6.07, 6.45) is -4.86. The van der Waals surface area contributed by atoms with Crippen molar-refractivity contribution in [3.63, 3.8) is 0 Å². The summed E-state index contributed by atoms with van der Waals surface area (Å²) >= 11 is 0. The van der Waals surface area contributed by atoms with Crippen LogP contribution in [0.15, 0.2) is 51.7 Å². The highest BCUT2D eigenvalue weighted by molar-refractivity contribution is 5.84. The second kappa shape index (κ2) is 7.19. The summed E-state index contributed by atoms with van der Waals surface area (Å²) in [5, 5.41) is 2.08. The molecule has 0 spiro atoms. The normalized spacial score (nSPS) is 12.1. The quantitative estimate of drug-likeness (QED) is 0.386. The van der Waals surface area contributed by atoms with Gasteiger partial charge in [0.05, 0.1) is 18.4 Å². The Balaban J connectivity index is 1.83. The maximum atomic E-state index is 13.8. The number of H-pyrrole nitrogens is 1. The van der Waals surface area contributed by atoms with Crippen molar-refractivity contribution in [3.05, 3.63) is 70.0 Å². The molecule has 2 aromatic carbocycles. The van der Waals surface area contributed by atoms with E-state index in [1.807, 2.05) is 0 Å². The Kier molecular flexibility index (Phi) is 4.52. The molecule has 0 radical (unpaired) electrons. The predicted molar refractivity (Wildman–Crippen MR) is 111 cm³/mol. The molecule has 0 bridgehead atoms. The Morgan fingerprint density at radius 1 is 1.09 bits per heavy atom. The highest BCUT2D eigenvalue weighted by Crippen LogP contribution is 2.39. The van der Waals surface area contributed by atoms with Crippen LogP contribution in [0.3, 0.4) is 0 Å². The van der Waals surface area contributed by atoms with Gasteiger partial charge in [0.1, 0.15) is 22.8 Å². The predicted octanol–water partition coefficient (Wildman–Crippen LogP) is 4.97. The molecule has 1 N–H and O–H groups in total. The molecule has 0 amide bonds.